The summed E-state index contributed by atoms with van der Waals surface area (Å²) in [5, 5.41) is 2.98. The lowest BCUT2D eigenvalue weighted by Gasteiger charge is -2.17. The summed E-state index contributed by atoms with van der Waals surface area (Å²) >= 11 is 0. The van der Waals surface area contributed by atoms with Crippen LogP contribution in [0.25, 0.3) is 0 Å². The zero-order chi connectivity index (χ0) is 14.4. The van der Waals surface area contributed by atoms with E-state index in [0.29, 0.717) is 0 Å². The third-order valence-electron chi connectivity index (χ3n) is 4.04. The molecule has 1 amide bonds. The maximum absolute atomic E-state index is 11.8. The molecule has 1 N–H and O–H groups in total. The van der Waals surface area contributed by atoms with Crippen LogP contribution in [0.1, 0.15) is 50.7 Å². The lowest BCUT2D eigenvalue weighted by Crippen LogP contribution is -2.37. The summed E-state index contributed by atoms with van der Waals surface area (Å²) in [6, 6.07) is 6.48. The van der Waals surface area contributed by atoms with Crippen LogP contribution in [0.5, 0.6) is 5.75 Å². The van der Waals surface area contributed by atoms with Crippen molar-refractivity contribution >= 4 is 5.91 Å². The Labute approximate surface area is 121 Å². The van der Waals surface area contributed by atoms with E-state index >= 15 is 0 Å². The smallest absolute Gasteiger partial charge is 0.258 e. The molecule has 3 nitrogen and oxygen atoms in total. The number of rotatable bonds is 6. The third-order valence-corrected chi connectivity index (χ3v) is 4.04. The van der Waals surface area contributed by atoms with Gasteiger partial charge >= 0.3 is 0 Å². The fraction of sp³-hybridized carbons (Fsp3) is 0.588. The Bertz CT molecular complexity index is 452. The maximum Gasteiger partial charge on any atom is 0.258 e. The molecule has 2 rings (SSSR count). The molecule has 1 aliphatic rings. The van der Waals surface area contributed by atoms with E-state index in [-0.39, 0.29) is 18.6 Å². The summed E-state index contributed by atoms with van der Waals surface area (Å²) in [7, 11) is 0. The zero-order valence-electron chi connectivity index (χ0n) is 12.6. The Morgan fingerprint density at radius 3 is 2.60 bits per heavy atom. The number of nitrogens with one attached hydrogen (secondary N) is 1. The molecule has 20 heavy (non-hydrogen) atoms. The molecule has 0 radical (unpaired) electrons. The quantitative estimate of drug-likeness (QED) is 0.865. The van der Waals surface area contributed by atoms with E-state index in [1.807, 2.05) is 6.07 Å². The Hall–Kier alpha value is -1.51. The second kappa shape index (κ2) is 7.32. The van der Waals surface area contributed by atoms with Gasteiger partial charge in [0.25, 0.3) is 5.91 Å². The Balaban J connectivity index is 1.86. The number of hydrogen-bond acceptors (Lipinski definition) is 2. The first-order valence-electron chi connectivity index (χ1n) is 7.77. The molecular weight excluding hydrogens is 250 g/mol. The third kappa shape index (κ3) is 3.99. The first-order chi connectivity index (χ1) is 9.72. The Morgan fingerprint density at radius 1 is 1.20 bits per heavy atom. The highest BCUT2D eigenvalue weighted by Crippen LogP contribution is 2.25. The highest BCUT2D eigenvalue weighted by molar-refractivity contribution is 5.77. The predicted octanol–water partition coefficient (Wildman–Crippen LogP) is 3.25. The predicted molar refractivity (Wildman–Crippen MR) is 81.1 cm³/mol. The van der Waals surface area contributed by atoms with Gasteiger partial charge in [0.2, 0.25) is 0 Å². The van der Waals surface area contributed by atoms with Crippen molar-refractivity contribution in [2.24, 2.45) is 0 Å². The molecule has 1 aromatic rings. The topological polar surface area (TPSA) is 38.3 Å². The second-order valence-corrected chi connectivity index (χ2v) is 5.51. The minimum atomic E-state index is -0.0311. The normalized spacial score (nSPS) is 13.9. The minimum absolute atomic E-state index is 0.0311. The van der Waals surface area contributed by atoms with Crippen molar-refractivity contribution in [1.29, 1.82) is 0 Å². The highest BCUT2D eigenvalue weighted by atomic mass is 16.5. The van der Waals surface area contributed by atoms with Gasteiger partial charge < -0.3 is 10.1 Å². The molecule has 0 unspecified atom stereocenters. The average Bonchev–Trinajstić information content (AvgIpc) is 2.50. The maximum atomic E-state index is 11.8. The van der Waals surface area contributed by atoms with E-state index in [0.717, 1.165) is 25.0 Å². The summed E-state index contributed by atoms with van der Waals surface area (Å²) < 4.78 is 5.61. The van der Waals surface area contributed by atoms with Crippen LogP contribution in [0.4, 0.5) is 0 Å². The van der Waals surface area contributed by atoms with Crippen LogP contribution in [0.3, 0.4) is 0 Å². The highest BCUT2D eigenvalue weighted by Gasteiger charge is 2.12. The average molecular weight is 275 g/mol. The van der Waals surface area contributed by atoms with Gasteiger partial charge in [0.1, 0.15) is 5.75 Å². The van der Waals surface area contributed by atoms with Gasteiger partial charge in [-0.05, 0) is 61.8 Å². The molecule has 0 saturated heterocycles. The minimum Gasteiger partial charge on any atom is -0.484 e. The second-order valence-electron chi connectivity index (χ2n) is 5.51. The van der Waals surface area contributed by atoms with Gasteiger partial charge in [0, 0.05) is 6.04 Å². The van der Waals surface area contributed by atoms with Gasteiger partial charge in [-0.15, -0.1) is 0 Å². The van der Waals surface area contributed by atoms with Crippen LogP contribution < -0.4 is 10.1 Å². The van der Waals surface area contributed by atoms with Crippen molar-refractivity contribution in [3.8, 4) is 5.75 Å². The first-order valence-corrected chi connectivity index (χ1v) is 7.77. The van der Waals surface area contributed by atoms with E-state index in [4.69, 9.17) is 4.74 Å². The van der Waals surface area contributed by atoms with Crippen molar-refractivity contribution in [2.45, 2.75) is 58.4 Å². The van der Waals surface area contributed by atoms with Crippen molar-refractivity contribution in [2.75, 3.05) is 6.61 Å². The summed E-state index contributed by atoms with van der Waals surface area (Å²) in [5.74, 6) is 0.779. The molecule has 0 heterocycles. The van der Waals surface area contributed by atoms with Crippen LogP contribution in [-0.2, 0) is 17.6 Å². The first kappa shape index (κ1) is 14.9. The number of ether oxygens (including phenoxy) is 1. The number of amides is 1. The molecule has 0 fully saturated rings. The number of fused-ring (bicyclic) bond motifs is 1. The van der Waals surface area contributed by atoms with Crippen LogP contribution in [0.15, 0.2) is 18.2 Å². The molecule has 1 aliphatic carbocycles. The standard InChI is InChI=1S/C17H25NO2/c1-3-15(4-2)18-17(19)12-20-16-10-9-13-7-5-6-8-14(13)11-16/h9-11,15H,3-8,12H2,1-2H3,(H,18,19). The molecule has 0 spiro atoms. The number of carbonyl (C=O) groups excluding carboxylic acids is 1. The number of hydrogen-bond donors (Lipinski definition) is 1. The molecule has 0 bridgehead atoms. The largest absolute Gasteiger partial charge is 0.484 e. The molecule has 0 aliphatic heterocycles. The van der Waals surface area contributed by atoms with Gasteiger partial charge in [-0.2, -0.15) is 0 Å². The van der Waals surface area contributed by atoms with Gasteiger partial charge in [-0.1, -0.05) is 19.9 Å². The summed E-state index contributed by atoms with van der Waals surface area (Å²) in [5.41, 5.74) is 2.82. The zero-order valence-corrected chi connectivity index (χ0v) is 12.6. The van der Waals surface area contributed by atoms with E-state index in [2.05, 4.69) is 31.3 Å². The van der Waals surface area contributed by atoms with Crippen LogP contribution in [0, 0.1) is 0 Å². The Morgan fingerprint density at radius 2 is 1.90 bits per heavy atom. The van der Waals surface area contributed by atoms with E-state index < -0.39 is 0 Å². The molecule has 110 valence electrons. The van der Waals surface area contributed by atoms with Gasteiger partial charge in [-0.25, -0.2) is 0 Å². The van der Waals surface area contributed by atoms with E-state index in [9.17, 15) is 4.79 Å². The molecule has 0 saturated carbocycles. The lowest BCUT2D eigenvalue weighted by atomic mass is 9.92. The monoisotopic (exact) mass is 275 g/mol. The van der Waals surface area contributed by atoms with Crippen molar-refractivity contribution < 1.29 is 9.53 Å². The fourth-order valence-electron chi connectivity index (χ4n) is 2.71. The molecule has 0 aromatic heterocycles. The molecular formula is C17H25NO2. The van der Waals surface area contributed by atoms with E-state index in [1.165, 1.54) is 30.4 Å². The van der Waals surface area contributed by atoms with Gasteiger partial charge in [-0.3, -0.25) is 4.79 Å². The summed E-state index contributed by atoms with van der Waals surface area (Å²) in [6.45, 7) is 4.27. The number of benzene rings is 1. The molecule has 3 heteroatoms. The van der Waals surface area contributed by atoms with Crippen molar-refractivity contribution in [1.82, 2.24) is 5.32 Å². The van der Waals surface area contributed by atoms with Crippen LogP contribution >= 0.6 is 0 Å². The van der Waals surface area contributed by atoms with E-state index in [1.54, 1.807) is 0 Å². The molecule has 1 aromatic carbocycles. The molecule has 0 atom stereocenters. The van der Waals surface area contributed by atoms with Crippen LogP contribution in [0.2, 0.25) is 0 Å². The fourth-order valence-corrected chi connectivity index (χ4v) is 2.71. The van der Waals surface area contributed by atoms with Crippen LogP contribution in [-0.4, -0.2) is 18.6 Å². The Kier molecular flexibility index (Phi) is 5.45. The summed E-state index contributed by atoms with van der Waals surface area (Å²) in [4.78, 5) is 11.8. The SMILES string of the molecule is CCC(CC)NC(=O)COc1ccc2c(c1)CCCC2. The van der Waals surface area contributed by atoms with Gasteiger partial charge in [0.05, 0.1) is 0 Å². The van der Waals surface area contributed by atoms with Gasteiger partial charge in [0.15, 0.2) is 6.61 Å². The van der Waals surface area contributed by atoms with Crippen molar-refractivity contribution in [3.05, 3.63) is 29.3 Å². The lowest BCUT2D eigenvalue weighted by molar-refractivity contribution is -0.123. The summed E-state index contributed by atoms with van der Waals surface area (Å²) in [6.07, 6.45) is 6.76. The number of aryl methyl sites for hydroxylation is 2. The number of carbonyl (C=O) groups is 1. The van der Waals surface area contributed by atoms with Crippen molar-refractivity contribution in [3.63, 3.8) is 0 Å².